The number of hydrogen-bond donors (Lipinski definition) is 2. The monoisotopic (exact) mass is 243 g/mol. The van der Waals surface area contributed by atoms with E-state index in [1.54, 1.807) is 19.2 Å². The van der Waals surface area contributed by atoms with E-state index in [9.17, 15) is 4.79 Å². The van der Waals surface area contributed by atoms with Gasteiger partial charge in [-0.3, -0.25) is 0 Å². The Labute approximate surface area is 99.8 Å². The minimum Gasteiger partial charge on any atom is -0.496 e. The average Bonchev–Trinajstić information content (AvgIpc) is 2.58. The molecule has 16 heavy (non-hydrogen) atoms. The Hall–Kier alpha value is -1.26. The van der Waals surface area contributed by atoms with Crippen LogP contribution in [0.3, 0.4) is 0 Å². The van der Waals surface area contributed by atoms with Gasteiger partial charge in [-0.15, -0.1) is 12.4 Å². The molecular weight excluding hydrogens is 230 g/mol. The fraction of sp³-hybridized carbons (Fsp3) is 0.364. The minimum atomic E-state index is -1.25. The fourth-order valence-corrected chi connectivity index (χ4v) is 2.11. The van der Waals surface area contributed by atoms with Crippen LogP contribution in [0.4, 0.5) is 0 Å². The summed E-state index contributed by atoms with van der Waals surface area (Å²) in [6.07, 6.45) is 1.08. The van der Waals surface area contributed by atoms with Gasteiger partial charge in [-0.05, 0) is 30.0 Å². The van der Waals surface area contributed by atoms with Crippen LogP contribution in [0.1, 0.15) is 17.5 Å². The molecule has 3 N–H and O–H groups in total. The highest BCUT2D eigenvalue weighted by Gasteiger charge is 2.42. The summed E-state index contributed by atoms with van der Waals surface area (Å²) in [7, 11) is 1.58. The van der Waals surface area contributed by atoms with Crippen LogP contribution >= 0.6 is 12.4 Å². The lowest BCUT2D eigenvalue weighted by Gasteiger charge is -2.19. The predicted octanol–water partition coefficient (Wildman–Crippen LogP) is 1.30. The highest BCUT2D eigenvalue weighted by Crippen LogP contribution is 2.39. The number of carboxylic acid groups (broad SMARTS) is 1. The number of ether oxygens (including phenoxy) is 1. The summed E-state index contributed by atoms with van der Waals surface area (Å²) in [5, 5.41) is 9.12. The number of aliphatic carboxylic acids is 1. The van der Waals surface area contributed by atoms with Gasteiger partial charge >= 0.3 is 5.97 Å². The molecule has 1 unspecified atom stereocenters. The molecule has 5 heteroatoms. The van der Waals surface area contributed by atoms with Crippen LogP contribution in [-0.2, 0) is 16.8 Å². The van der Waals surface area contributed by atoms with Gasteiger partial charge in [0.25, 0.3) is 0 Å². The van der Waals surface area contributed by atoms with E-state index in [-0.39, 0.29) is 12.4 Å². The molecule has 1 aliphatic rings. The van der Waals surface area contributed by atoms with Gasteiger partial charge in [0, 0.05) is 0 Å². The minimum absolute atomic E-state index is 0. The third-order valence-corrected chi connectivity index (χ3v) is 2.98. The highest BCUT2D eigenvalue weighted by atomic mass is 35.5. The molecule has 1 aromatic carbocycles. The maximum Gasteiger partial charge on any atom is 0.328 e. The van der Waals surface area contributed by atoms with Crippen molar-refractivity contribution in [1.29, 1.82) is 0 Å². The van der Waals surface area contributed by atoms with Crippen molar-refractivity contribution < 1.29 is 14.6 Å². The standard InChI is InChI=1S/C11H13NO3.ClH/c1-15-9-4-2-3-8-7(9)5-6-11(8,12)10(13)14;/h2-4H,5-6,12H2,1H3,(H,13,14);1H. The molecule has 1 aromatic rings. The van der Waals surface area contributed by atoms with Gasteiger partial charge < -0.3 is 15.6 Å². The van der Waals surface area contributed by atoms with Crippen LogP contribution in [0.25, 0.3) is 0 Å². The number of nitrogens with two attached hydrogens (primary N) is 1. The van der Waals surface area contributed by atoms with Crippen LogP contribution in [0, 0.1) is 0 Å². The van der Waals surface area contributed by atoms with Crippen molar-refractivity contribution in [2.45, 2.75) is 18.4 Å². The van der Waals surface area contributed by atoms with Crippen LogP contribution < -0.4 is 10.5 Å². The summed E-state index contributed by atoms with van der Waals surface area (Å²) >= 11 is 0. The van der Waals surface area contributed by atoms with Gasteiger partial charge in [0.1, 0.15) is 11.3 Å². The molecular formula is C11H14ClNO3. The summed E-state index contributed by atoms with van der Waals surface area (Å²) in [5.41, 5.74) is 6.23. The molecule has 4 nitrogen and oxygen atoms in total. The maximum atomic E-state index is 11.1. The van der Waals surface area contributed by atoms with Crippen LogP contribution in [0.2, 0.25) is 0 Å². The fourth-order valence-electron chi connectivity index (χ4n) is 2.11. The van der Waals surface area contributed by atoms with E-state index in [2.05, 4.69) is 0 Å². The zero-order valence-electron chi connectivity index (χ0n) is 8.90. The molecule has 0 spiro atoms. The van der Waals surface area contributed by atoms with Gasteiger partial charge in [0.15, 0.2) is 0 Å². The molecule has 88 valence electrons. The predicted molar refractivity (Wildman–Crippen MR) is 62.1 cm³/mol. The molecule has 2 rings (SSSR count). The van der Waals surface area contributed by atoms with Gasteiger partial charge in [0.2, 0.25) is 0 Å². The maximum absolute atomic E-state index is 11.1. The molecule has 0 bridgehead atoms. The number of rotatable bonds is 2. The van der Waals surface area contributed by atoms with Crippen molar-refractivity contribution in [3.05, 3.63) is 29.3 Å². The first-order valence-corrected chi connectivity index (χ1v) is 4.78. The molecule has 1 atom stereocenters. The number of benzene rings is 1. The molecule has 0 amide bonds. The third-order valence-electron chi connectivity index (χ3n) is 2.98. The summed E-state index contributed by atoms with van der Waals surface area (Å²) in [4.78, 5) is 11.1. The van der Waals surface area contributed by atoms with Crippen LogP contribution in [0.5, 0.6) is 5.75 Å². The Kier molecular flexibility index (Phi) is 3.45. The van der Waals surface area contributed by atoms with Crippen LogP contribution in [0.15, 0.2) is 18.2 Å². The quantitative estimate of drug-likeness (QED) is 0.821. The van der Waals surface area contributed by atoms with E-state index < -0.39 is 11.5 Å². The Balaban J connectivity index is 0.00000128. The Morgan fingerprint density at radius 2 is 2.25 bits per heavy atom. The third kappa shape index (κ3) is 1.64. The van der Waals surface area contributed by atoms with Crippen molar-refractivity contribution in [1.82, 2.24) is 0 Å². The SMILES string of the molecule is COc1cccc2c1CCC2(N)C(=O)O.Cl. The zero-order chi connectivity index (χ0) is 11.1. The lowest BCUT2D eigenvalue weighted by atomic mass is 9.93. The molecule has 0 radical (unpaired) electrons. The molecule has 0 aliphatic heterocycles. The summed E-state index contributed by atoms with van der Waals surface area (Å²) in [5.74, 6) is -0.254. The van der Waals surface area contributed by atoms with Crippen molar-refractivity contribution >= 4 is 18.4 Å². The first-order chi connectivity index (χ1) is 7.09. The first-order valence-electron chi connectivity index (χ1n) is 4.78. The average molecular weight is 244 g/mol. The molecule has 0 saturated carbocycles. The van der Waals surface area contributed by atoms with Crippen LogP contribution in [-0.4, -0.2) is 18.2 Å². The summed E-state index contributed by atoms with van der Waals surface area (Å²) < 4.78 is 5.18. The van der Waals surface area contributed by atoms with Crippen molar-refractivity contribution in [3.8, 4) is 5.75 Å². The topological polar surface area (TPSA) is 72.5 Å². The van der Waals surface area contributed by atoms with Gasteiger partial charge in [-0.2, -0.15) is 0 Å². The molecule has 0 saturated heterocycles. The Morgan fingerprint density at radius 3 is 2.81 bits per heavy atom. The van der Waals surface area contributed by atoms with Gasteiger partial charge in [-0.25, -0.2) is 4.79 Å². The second kappa shape index (κ2) is 4.31. The van der Waals surface area contributed by atoms with E-state index in [0.29, 0.717) is 18.4 Å². The number of carboxylic acids is 1. The van der Waals surface area contributed by atoms with E-state index in [4.69, 9.17) is 15.6 Å². The zero-order valence-corrected chi connectivity index (χ0v) is 9.71. The lowest BCUT2D eigenvalue weighted by molar-refractivity contribution is -0.143. The second-order valence-electron chi connectivity index (χ2n) is 3.76. The van der Waals surface area contributed by atoms with E-state index in [1.807, 2.05) is 6.07 Å². The second-order valence-corrected chi connectivity index (χ2v) is 3.76. The van der Waals surface area contributed by atoms with Gasteiger partial charge in [0.05, 0.1) is 7.11 Å². The van der Waals surface area contributed by atoms with Crippen molar-refractivity contribution in [2.24, 2.45) is 5.73 Å². The number of hydrogen-bond acceptors (Lipinski definition) is 3. The van der Waals surface area contributed by atoms with E-state index in [0.717, 1.165) is 11.3 Å². The summed E-state index contributed by atoms with van der Waals surface area (Å²) in [6.45, 7) is 0. The summed E-state index contributed by atoms with van der Waals surface area (Å²) in [6, 6.07) is 5.36. The highest BCUT2D eigenvalue weighted by molar-refractivity contribution is 5.85. The Bertz CT molecular complexity index is 422. The van der Waals surface area contributed by atoms with E-state index >= 15 is 0 Å². The number of methoxy groups -OCH3 is 1. The lowest BCUT2D eigenvalue weighted by Crippen LogP contribution is -2.42. The molecule has 1 aliphatic carbocycles. The molecule has 0 aromatic heterocycles. The number of carbonyl (C=O) groups is 1. The smallest absolute Gasteiger partial charge is 0.328 e. The van der Waals surface area contributed by atoms with Crippen molar-refractivity contribution in [3.63, 3.8) is 0 Å². The molecule has 0 heterocycles. The normalized spacial score (nSPS) is 22.1. The van der Waals surface area contributed by atoms with E-state index in [1.165, 1.54) is 0 Å². The number of fused-ring (bicyclic) bond motifs is 1. The van der Waals surface area contributed by atoms with Gasteiger partial charge in [-0.1, -0.05) is 12.1 Å². The Morgan fingerprint density at radius 1 is 1.56 bits per heavy atom. The number of halogens is 1. The molecule has 0 fully saturated rings. The largest absolute Gasteiger partial charge is 0.496 e. The van der Waals surface area contributed by atoms with Crippen molar-refractivity contribution in [2.75, 3.05) is 7.11 Å². The first kappa shape index (κ1) is 12.8.